The highest BCUT2D eigenvalue weighted by Gasteiger charge is 2.17. The number of nitrogens with one attached hydrogen (secondary N) is 1. The largest absolute Gasteiger partial charge is 0.501 e. The molecular weight excluding hydrogens is 296 g/mol. The van der Waals surface area contributed by atoms with Crippen LogP contribution in [-0.4, -0.2) is 22.3 Å². The summed E-state index contributed by atoms with van der Waals surface area (Å²) < 4.78 is 0.146. The van der Waals surface area contributed by atoms with Gasteiger partial charge in [-0.1, -0.05) is 0 Å². The van der Waals surface area contributed by atoms with E-state index in [0.717, 1.165) is 12.3 Å². The number of primary amides is 1. The summed E-state index contributed by atoms with van der Waals surface area (Å²) in [6.07, 6.45) is 1.15. The van der Waals surface area contributed by atoms with Crippen LogP contribution in [0.15, 0.2) is 21.7 Å². The van der Waals surface area contributed by atoms with E-state index in [4.69, 9.17) is 5.73 Å². The lowest BCUT2D eigenvalue weighted by molar-refractivity contribution is -0.386. The zero-order valence-electron chi connectivity index (χ0n) is 8.25. The van der Waals surface area contributed by atoms with Crippen molar-refractivity contribution >= 4 is 33.9 Å². The molecule has 1 aromatic carbocycles. The van der Waals surface area contributed by atoms with Crippen LogP contribution in [0.1, 0.15) is 5.56 Å². The molecule has 0 aliphatic carbocycles. The first kappa shape index (κ1) is 12.9. The number of aromatic hydroxyl groups is 1. The highest BCUT2D eigenvalue weighted by atomic mass is 79.9. The summed E-state index contributed by atoms with van der Waals surface area (Å²) in [6.45, 7) is 0. The predicted molar refractivity (Wildman–Crippen MR) is 62.8 cm³/mol. The van der Waals surface area contributed by atoms with Crippen LogP contribution in [0.4, 0.5) is 10.5 Å². The average molecular weight is 303 g/mol. The Morgan fingerprint density at radius 1 is 1.65 bits per heavy atom. The lowest BCUT2D eigenvalue weighted by Crippen LogP contribution is -2.24. The summed E-state index contributed by atoms with van der Waals surface area (Å²) in [5.74, 6) is -0.477. The zero-order chi connectivity index (χ0) is 13.0. The lowest BCUT2D eigenvalue weighted by Gasteiger charge is -2.00. The summed E-state index contributed by atoms with van der Waals surface area (Å²) in [4.78, 5) is 20.2. The summed E-state index contributed by atoms with van der Waals surface area (Å²) in [5, 5.41) is 23.4. The summed E-state index contributed by atoms with van der Waals surface area (Å²) in [7, 11) is 0. The number of nitrogens with two attached hydrogens (primary N) is 1. The fourth-order valence-corrected chi connectivity index (χ4v) is 1.46. The topological polar surface area (TPSA) is 131 Å². The van der Waals surface area contributed by atoms with Crippen molar-refractivity contribution in [2.75, 3.05) is 0 Å². The van der Waals surface area contributed by atoms with E-state index in [1.54, 1.807) is 0 Å². The number of carbonyl (C=O) groups excluding carboxylic acids is 1. The molecule has 0 aliphatic heterocycles. The van der Waals surface area contributed by atoms with E-state index in [1.165, 1.54) is 6.07 Å². The molecule has 0 heterocycles. The van der Waals surface area contributed by atoms with Gasteiger partial charge in [-0.15, -0.1) is 0 Å². The second-order valence-electron chi connectivity index (χ2n) is 2.86. The van der Waals surface area contributed by atoms with E-state index in [2.05, 4.69) is 21.0 Å². The minimum atomic E-state index is -0.853. The van der Waals surface area contributed by atoms with Crippen LogP contribution in [0, 0.1) is 10.1 Å². The van der Waals surface area contributed by atoms with Crippen molar-refractivity contribution in [1.82, 2.24) is 5.43 Å². The van der Waals surface area contributed by atoms with Crippen molar-refractivity contribution in [2.45, 2.75) is 0 Å². The number of hydrazone groups is 1. The Balaban J connectivity index is 3.06. The minimum absolute atomic E-state index is 0.146. The molecular formula is C8H7BrN4O4. The highest BCUT2D eigenvalue weighted by molar-refractivity contribution is 9.10. The van der Waals surface area contributed by atoms with E-state index in [1.807, 2.05) is 5.43 Å². The zero-order valence-corrected chi connectivity index (χ0v) is 9.84. The first-order chi connectivity index (χ1) is 7.91. The predicted octanol–water partition coefficient (Wildman–Crippen LogP) is 1.07. The molecule has 0 saturated heterocycles. The van der Waals surface area contributed by atoms with Gasteiger partial charge in [0.25, 0.3) is 0 Å². The summed E-state index contributed by atoms with van der Waals surface area (Å²) >= 11 is 2.96. The molecule has 0 bridgehead atoms. The number of rotatable bonds is 3. The van der Waals surface area contributed by atoms with Gasteiger partial charge in [0.05, 0.1) is 15.6 Å². The molecule has 0 unspecified atom stereocenters. The number of carbonyl (C=O) groups is 1. The molecule has 0 saturated carbocycles. The Morgan fingerprint density at radius 2 is 2.29 bits per heavy atom. The first-order valence-electron chi connectivity index (χ1n) is 4.17. The molecule has 9 heteroatoms. The van der Waals surface area contributed by atoms with Crippen LogP contribution in [0.5, 0.6) is 5.75 Å². The molecule has 0 atom stereocenters. The SMILES string of the molecule is NC(=O)NN=Cc1cc(Br)c(O)c([N+](=O)[O-])c1. The molecule has 2 amide bonds. The molecule has 0 fully saturated rings. The molecule has 1 aromatic rings. The van der Waals surface area contributed by atoms with Gasteiger partial charge in [-0.05, 0) is 22.0 Å². The Morgan fingerprint density at radius 3 is 2.82 bits per heavy atom. The molecule has 90 valence electrons. The third kappa shape index (κ3) is 3.41. The van der Waals surface area contributed by atoms with Gasteiger partial charge in [-0.2, -0.15) is 5.10 Å². The quantitative estimate of drug-likeness (QED) is 0.437. The van der Waals surface area contributed by atoms with Gasteiger partial charge < -0.3 is 10.8 Å². The van der Waals surface area contributed by atoms with Gasteiger partial charge in [0.1, 0.15) is 0 Å². The second kappa shape index (κ2) is 5.25. The number of benzene rings is 1. The van der Waals surface area contributed by atoms with Crippen molar-refractivity contribution < 1.29 is 14.8 Å². The monoisotopic (exact) mass is 302 g/mol. The average Bonchev–Trinajstić information content (AvgIpc) is 2.22. The number of nitrogens with zero attached hydrogens (tertiary/aromatic N) is 2. The third-order valence-electron chi connectivity index (χ3n) is 1.65. The maximum absolute atomic E-state index is 10.6. The summed E-state index contributed by atoms with van der Waals surface area (Å²) in [5.41, 5.74) is 6.55. The van der Waals surface area contributed by atoms with Gasteiger partial charge in [0, 0.05) is 11.6 Å². The molecule has 1 rings (SSSR count). The molecule has 0 radical (unpaired) electrons. The summed E-state index contributed by atoms with van der Waals surface area (Å²) in [6, 6.07) is 1.65. The number of phenols is 1. The lowest BCUT2D eigenvalue weighted by atomic mass is 10.2. The fourth-order valence-electron chi connectivity index (χ4n) is 0.989. The minimum Gasteiger partial charge on any atom is -0.501 e. The van der Waals surface area contributed by atoms with Crippen molar-refractivity contribution in [2.24, 2.45) is 10.8 Å². The Hall–Kier alpha value is -2.16. The number of urea groups is 1. The molecule has 0 aliphatic rings. The second-order valence-corrected chi connectivity index (χ2v) is 3.72. The van der Waals surface area contributed by atoms with E-state index < -0.39 is 22.4 Å². The number of halogens is 1. The maximum Gasteiger partial charge on any atom is 0.332 e. The number of hydrogen-bond acceptors (Lipinski definition) is 5. The van der Waals surface area contributed by atoms with Gasteiger partial charge in [0.15, 0.2) is 0 Å². The Bertz CT molecular complexity index is 503. The van der Waals surface area contributed by atoms with Crippen LogP contribution in [0.2, 0.25) is 0 Å². The number of nitro groups is 1. The van der Waals surface area contributed by atoms with Crippen LogP contribution in [0.25, 0.3) is 0 Å². The van der Waals surface area contributed by atoms with E-state index in [9.17, 15) is 20.0 Å². The van der Waals surface area contributed by atoms with Crippen molar-refractivity contribution in [3.8, 4) is 5.75 Å². The van der Waals surface area contributed by atoms with Gasteiger partial charge in [-0.3, -0.25) is 10.1 Å². The van der Waals surface area contributed by atoms with Crippen LogP contribution in [-0.2, 0) is 0 Å². The van der Waals surface area contributed by atoms with Crippen LogP contribution >= 0.6 is 15.9 Å². The van der Waals surface area contributed by atoms with E-state index in [0.29, 0.717) is 5.56 Å². The number of phenolic OH excluding ortho intramolecular Hbond substituents is 1. The van der Waals surface area contributed by atoms with Crippen molar-refractivity contribution in [3.05, 3.63) is 32.3 Å². The van der Waals surface area contributed by atoms with Crippen molar-refractivity contribution in [3.63, 3.8) is 0 Å². The van der Waals surface area contributed by atoms with E-state index >= 15 is 0 Å². The normalized spacial score (nSPS) is 10.4. The maximum atomic E-state index is 10.6. The third-order valence-corrected chi connectivity index (χ3v) is 2.26. The fraction of sp³-hybridized carbons (Fsp3) is 0. The van der Waals surface area contributed by atoms with Gasteiger partial charge in [-0.25, -0.2) is 10.2 Å². The molecule has 8 nitrogen and oxygen atoms in total. The smallest absolute Gasteiger partial charge is 0.332 e. The van der Waals surface area contributed by atoms with Crippen LogP contribution < -0.4 is 11.2 Å². The molecule has 0 spiro atoms. The number of amides is 2. The van der Waals surface area contributed by atoms with Crippen molar-refractivity contribution in [1.29, 1.82) is 0 Å². The molecule has 17 heavy (non-hydrogen) atoms. The number of nitro benzene ring substituents is 1. The standard InChI is InChI=1S/C8H7BrN4O4/c9-5-1-4(3-11-12-8(10)15)2-6(7(5)14)13(16)17/h1-3,14H,(H3,10,12,15). The first-order valence-corrected chi connectivity index (χ1v) is 4.96. The van der Waals surface area contributed by atoms with Gasteiger partial charge in [0.2, 0.25) is 5.75 Å². The molecule has 4 N–H and O–H groups in total. The Labute approximate surface area is 103 Å². The van der Waals surface area contributed by atoms with Gasteiger partial charge >= 0.3 is 11.7 Å². The number of hydrogen-bond donors (Lipinski definition) is 3. The van der Waals surface area contributed by atoms with Crippen LogP contribution in [0.3, 0.4) is 0 Å². The van der Waals surface area contributed by atoms with E-state index in [-0.39, 0.29) is 4.47 Å². The molecule has 0 aromatic heterocycles. The highest BCUT2D eigenvalue weighted by Crippen LogP contribution is 2.34. The Kier molecular flexibility index (Phi) is 3.99.